The zero-order valence-corrected chi connectivity index (χ0v) is 12.0. The summed E-state index contributed by atoms with van der Waals surface area (Å²) in [5, 5.41) is 9.98. The van der Waals surface area contributed by atoms with Gasteiger partial charge in [0.05, 0.1) is 26.4 Å². The van der Waals surface area contributed by atoms with Crippen LogP contribution in [0.5, 0.6) is 5.75 Å². The van der Waals surface area contributed by atoms with Crippen molar-refractivity contribution < 1.29 is 14.6 Å². The molecule has 3 heteroatoms. The van der Waals surface area contributed by atoms with Gasteiger partial charge < -0.3 is 14.6 Å². The summed E-state index contributed by atoms with van der Waals surface area (Å²) >= 11 is 0. The molecule has 0 aliphatic carbocycles. The first-order valence-electron chi connectivity index (χ1n) is 6.59. The monoisotopic (exact) mass is 264 g/mol. The molecule has 0 aliphatic rings. The Balaban J connectivity index is 2.34. The number of methoxy groups -OCH3 is 1. The molecule has 106 valence electrons. The number of aliphatic hydroxyl groups excluding tert-OH is 1. The van der Waals surface area contributed by atoms with Gasteiger partial charge in [0, 0.05) is 11.8 Å². The fourth-order valence-corrected chi connectivity index (χ4v) is 1.84. The van der Waals surface area contributed by atoms with Gasteiger partial charge in [0.25, 0.3) is 0 Å². The summed E-state index contributed by atoms with van der Waals surface area (Å²) in [5.74, 6) is 1.01. The molecule has 0 fully saturated rings. The SMILES string of the molecule is C=C[C@@H](C)[C@@H](O)[C@H](C)COCc1ccc(OC)cc1. The van der Waals surface area contributed by atoms with Crippen LogP contribution >= 0.6 is 0 Å². The molecule has 0 heterocycles. The second-order valence-electron chi connectivity index (χ2n) is 4.93. The number of benzene rings is 1. The maximum absolute atomic E-state index is 9.98. The third-order valence-electron chi connectivity index (χ3n) is 3.30. The predicted molar refractivity (Wildman–Crippen MR) is 77.2 cm³/mol. The van der Waals surface area contributed by atoms with Gasteiger partial charge in [0.15, 0.2) is 0 Å². The van der Waals surface area contributed by atoms with E-state index in [1.54, 1.807) is 13.2 Å². The minimum absolute atomic E-state index is 0.0830. The lowest BCUT2D eigenvalue weighted by molar-refractivity contribution is 0.0134. The van der Waals surface area contributed by atoms with Crippen LogP contribution in [-0.4, -0.2) is 24.9 Å². The summed E-state index contributed by atoms with van der Waals surface area (Å²) in [4.78, 5) is 0. The normalized spacial score (nSPS) is 15.6. The molecule has 0 unspecified atom stereocenters. The van der Waals surface area contributed by atoms with Gasteiger partial charge in [-0.15, -0.1) is 6.58 Å². The van der Waals surface area contributed by atoms with E-state index < -0.39 is 6.10 Å². The number of hydrogen-bond acceptors (Lipinski definition) is 3. The molecule has 1 rings (SSSR count). The van der Waals surface area contributed by atoms with E-state index in [2.05, 4.69) is 6.58 Å². The minimum Gasteiger partial charge on any atom is -0.497 e. The standard InChI is InChI=1S/C16H24O3/c1-5-12(2)16(17)13(3)10-19-11-14-6-8-15(18-4)9-7-14/h5-9,12-13,16-17H,1,10-11H2,2-4H3/t12-,13-,16-/m1/s1. The topological polar surface area (TPSA) is 38.7 Å². The highest BCUT2D eigenvalue weighted by molar-refractivity contribution is 5.26. The van der Waals surface area contributed by atoms with Crippen LogP contribution in [-0.2, 0) is 11.3 Å². The molecule has 0 aliphatic heterocycles. The van der Waals surface area contributed by atoms with Crippen molar-refractivity contribution in [1.29, 1.82) is 0 Å². The van der Waals surface area contributed by atoms with E-state index in [1.165, 1.54) is 0 Å². The van der Waals surface area contributed by atoms with Crippen molar-refractivity contribution in [2.24, 2.45) is 11.8 Å². The minimum atomic E-state index is -0.409. The molecule has 0 saturated heterocycles. The Bertz CT molecular complexity index is 372. The molecule has 0 spiro atoms. The molecule has 0 bridgehead atoms. The van der Waals surface area contributed by atoms with Crippen molar-refractivity contribution in [3.63, 3.8) is 0 Å². The molecule has 0 amide bonds. The Kier molecular flexibility index (Phi) is 6.60. The molecule has 0 radical (unpaired) electrons. The Morgan fingerprint density at radius 3 is 2.42 bits per heavy atom. The highest BCUT2D eigenvalue weighted by Crippen LogP contribution is 2.16. The average Bonchev–Trinajstić information content (AvgIpc) is 2.46. The first-order chi connectivity index (χ1) is 9.08. The average molecular weight is 264 g/mol. The van der Waals surface area contributed by atoms with Crippen molar-refractivity contribution in [3.05, 3.63) is 42.5 Å². The summed E-state index contributed by atoms with van der Waals surface area (Å²) in [6, 6.07) is 7.78. The number of ether oxygens (including phenoxy) is 2. The molecule has 3 atom stereocenters. The fourth-order valence-electron chi connectivity index (χ4n) is 1.84. The molecule has 0 aromatic heterocycles. The maximum Gasteiger partial charge on any atom is 0.118 e. The van der Waals surface area contributed by atoms with Crippen molar-refractivity contribution in [2.75, 3.05) is 13.7 Å². The summed E-state index contributed by atoms with van der Waals surface area (Å²) in [5.41, 5.74) is 1.10. The van der Waals surface area contributed by atoms with E-state index in [4.69, 9.17) is 9.47 Å². The summed E-state index contributed by atoms with van der Waals surface area (Å²) in [6.07, 6.45) is 1.36. The molecular weight excluding hydrogens is 240 g/mol. The van der Waals surface area contributed by atoms with Gasteiger partial charge in [0.2, 0.25) is 0 Å². The number of hydrogen-bond donors (Lipinski definition) is 1. The molecule has 19 heavy (non-hydrogen) atoms. The zero-order valence-electron chi connectivity index (χ0n) is 12.0. The molecule has 3 nitrogen and oxygen atoms in total. The number of rotatable bonds is 8. The van der Waals surface area contributed by atoms with E-state index in [1.807, 2.05) is 38.1 Å². The smallest absolute Gasteiger partial charge is 0.118 e. The summed E-state index contributed by atoms with van der Waals surface area (Å²) in [7, 11) is 1.65. The second-order valence-corrected chi connectivity index (χ2v) is 4.93. The van der Waals surface area contributed by atoms with Gasteiger partial charge in [-0.3, -0.25) is 0 Å². The lowest BCUT2D eigenvalue weighted by atomic mass is 9.94. The Labute approximate surface area is 115 Å². The number of aliphatic hydroxyl groups is 1. The predicted octanol–water partition coefficient (Wildman–Crippen LogP) is 3.03. The quantitative estimate of drug-likeness (QED) is 0.733. The van der Waals surface area contributed by atoms with Gasteiger partial charge in [-0.25, -0.2) is 0 Å². The first-order valence-corrected chi connectivity index (χ1v) is 6.59. The molecule has 1 aromatic carbocycles. The summed E-state index contributed by atoms with van der Waals surface area (Å²) < 4.78 is 10.7. The maximum atomic E-state index is 9.98. The largest absolute Gasteiger partial charge is 0.497 e. The van der Waals surface area contributed by atoms with Gasteiger partial charge in [-0.1, -0.05) is 32.1 Å². The first kappa shape index (κ1) is 15.7. The Hall–Kier alpha value is -1.32. The van der Waals surface area contributed by atoms with E-state index in [-0.39, 0.29) is 11.8 Å². The third kappa shape index (κ3) is 5.05. The van der Waals surface area contributed by atoms with E-state index in [0.29, 0.717) is 13.2 Å². The van der Waals surface area contributed by atoms with Crippen LogP contribution in [0.4, 0.5) is 0 Å². The molecule has 1 N–H and O–H groups in total. The molecule has 0 saturated carbocycles. The highest BCUT2D eigenvalue weighted by atomic mass is 16.5. The van der Waals surface area contributed by atoms with Crippen LogP contribution in [0.3, 0.4) is 0 Å². The van der Waals surface area contributed by atoms with Crippen LogP contribution in [0.2, 0.25) is 0 Å². The van der Waals surface area contributed by atoms with Crippen LogP contribution < -0.4 is 4.74 Å². The Morgan fingerprint density at radius 1 is 1.26 bits per heavy atom. The van der Waals surface area contributed by atoms with Gasteiger partial charge in [-0.05, 0) is 17.7 Å². The van der Waals surface area contributed by atoms with E-state index in [0.717, 1.165) is 11.3 Å². The second kappa shape index (κ2) is 7.97. The van der Waals surface area contributed by atoms with Crippen LogP contribution in [0, 0.1) is 11.8 Å². The van der Waals surface area contributed by atoms with Crippen molar-refractivity contribution in [1.82, 2.24) is 0 Å². The lowest BCUT2D eigenvalue weighted by Crippen LogP contribution is -2.27. The molecular formula is C16H24O3. The molecule has 1 aromatic rings. The van der Waals surface area contributed by atoms with Crippen LogP contribution in [0.25, 0.3) is 0 Å². The summed E-state index contributed by atoms with van der Waals surface area (Å²) in [6.45, 7) is 8.71. The van der Waals surface area contributed by atoms with E-state index in [9.17, 15) is 5.11 Å². The third-order valence-corrected chi connectivity index (χ3v) is 3.30. The van der Waals surface area contributed by atoms with Crippen molar-refractivity contribution in [3.8, 4) is 5.75 Å². The van der Waals surface area contributed by atoms with Crippen LogP contribution in [0.1, 0.15) is 19.4 Å². The zero-order chi connectivity index (χ0) is 14.3. The highest BCUT2D eigenvalue weighted by Gasteiger charge is 2.18. The van der Waals surface area contributed by atoms with Gasteiger partial charge >= 0.3 is 0 Å². The van der Waals surface area contributed by atoms with Crippen molar-refractivity contribution >= 4 is 0 Å². The van der Waals surface area contributed by atoms with Gasteiger partial charge in [0.1, 0.15) is 5.75 Å². The van der Waals surface area contributed by atoms with Crippen molar-refractivity contribution in [2.45, 2.75) is 26.6 Å². The lowest BCUT2D eigenvalue weighted by Gasteiger charge is -2.22. The van der Waals surface area contributed by atoms with E-state index >= 15 is 0 Å². The fraction of sp³-hybridized carbons (Fsp3) is 0.500. The Morgan fingerprint density at radius 2 is 1.89 bits per heavy atom. The van der Waals surface area contributed by atoms with Crippen LogP contribution in [0.15, 0.2) is 36.9 Å². The van der Waals surface area contributed by atoms with Gasteiger partial charge in [-0.2, -0.15) is 0 Å².